The van der Waals surface area contributed by atoms with Gasteiger partial charge in [0.25, 0.3) is 6.43 Å². The SMILES string of the molecule is [2H]C1([2H])N(C(=O)C2CC2)C([2H])([2H])C([2H])([2H])N(c2cc(Nc3ncn(-c4cccc(F)c4)n3)cc(C(F)F)c2)C1([2H])[2H]. The van der Waals surface area contributed by atoms with Crippen molar-refractivity contribution in [1.82, 2.24) is 19.7 Å². The molecule has 1 saturated carbocycles. The van der Waals surface area contributed by atoms with Crippen molar-refractivity contribution in [3.8, 4) is 5.69 Å². The molecule has 172 valence electrons. The van der Waals surface area contributed by atoms with Gasteiger partial charge in [0, 0.05) is 48.8 Å². The van der Waals surface area contributed by atoms with Gasteiger partial charge >= 0.3 is 0 Å². The van der Waals surface area contributed by atoms with Crippen molar-refractivity contribution >= 4 is 23.2 Å². The summed E-state index contributed by atoms with van der Waals surface area (Å²) in [6.07, 6.45) is -1.28. The summed E-state index contributed by atoms with van der Waals surface area (Å²) in [5, 5.41) is 6.74. The number of nitrogens with zero attached hydrogens (tertiary/aromatic N) is 5. The van der Waals surface area contributed by atoms with Crippen molar-refractivity contribution < 1.29 is 28.9 Å². The zero-order valence-electron chi connectivity index (χ0n) is 25.0. The van der Waals surface area contributed by atoms with Crippen LogP contribution in [0.3, 0.4) is 0 Å². The van der Waals surface area contributed by atoms with Crippen molar-refractivity contribution in [3.63, 3.8) is 0 Å². The van der Waals surface area contributed by atoms with Crippen LogP contribution in [-0.2, 0) is 4.79 Å². The largest absolute Gasteiger partial charge is 0.368 e. The molecule has 2 heterocycles. The Balaban J connectivity index is 1.57. The summed E-state index contributed by atoms with van der Waals surface area (Å²) < 4.78 is 111. The monoisotopic (exact) mass is 464 g/mol. The molecule has 0 bridgehead atoms. The number of anilines is 3. The van der Waals surface area contributed by atoms with Gasteiger partial charge in [-0.15, -0.1) is 5.10 Å². The minimum Gasteiger partial charge on any atom is -0.368 e. The Morgan fingerprint density at radius 2 is 1.88 bits per heavy atom. The van der Waals surface area contributed by atoms with E-state index in [1.807, 2.05) is 0 Å². The molecule has 10 heteroatoms. The number of carbonyl (C=O) groups is 1. The minimum atomic E-state index is -3.43. The third kappa shape index (κ3) is 4.79. The fourth-order valence-corrected chi connectivity index (χ4v) is 3.16. The number of piperazine rings is 1. The molecule has 1 aliphatic heterocycles. The number of rotatable bonds is 6. The van der Waals surface area contributed by atoms with E-state index in [1.54, 1.807) is 0 Å². The van der Waals surface area contributed by atoms with Gasteiger partial charge in [0.05, 0.1) is 16.7 Å². The van der Waals surface area contributed by atoms with Crippen LogP contribution in [0.25, 0.3) is 5.69 Å². The van der Waals surface area contributed by atoms with Crippen molar-refractivity contribution in [3.05, 3.63) is 60.2 Å². The summed E-state index contributed by atoms with van der Waals surface area (Å²) in [7, 11) is 0. The van der Waals surface area contributed by atoms with Crippen LogP contribution in [0.5, 0.6) is 0 Å². The first-order valence-corrected chi connectivity index (χ1v) is 10.0. The van der Waals surface area contributed by atoms with E-state index in [0.29, 0.717) is 18.5 Å². The van der Waals surface area contributed by atoms with Crippen molar-refractivity contribution in [2.75, 3.05) is 36.2 Å². The molecule has 0 spiro atoms. The molecule has 1 aliphatic carbocycles. The fraction of sp³-hybridized carbons (Fsp3) is 0.348. The van der Waals surface area contributed by atoms with Crippen LogP contribution in [0.15, 0.2) is 48.8 Å². The van der Waals surface area contributed by atoms with E-state index in [9.17, 15) is 18.0 Å². The van der Waals surface area contributed by atoms with Crippen molar-refractivity contribution in [2.24, 2.45) is 5.92 Å². The summed E-state index contributed by atoms with van der Waals surface area (Å²) in [5.41, 5.74) is -1.23. The highest BCUT2D eigenvalue weighted by Gasteiger charge is 2.34. The summed E-state index contributed by atoms with van der Waals surface area (Å²) in [6.45, 7) is -13.7. The summed E-state index contributed by atoms with van der Waals surface area (Å²) in [5.74, 6) is -2.53. The second-order valence-corrected chi connectivity index (χ2v) is 7.46. The molecule has 1 saturated heterocycles. The number of hydrogen-bond acceptors (Lipinski definition) is 5. The Labute approximate surface area is 200 Å². The lowest BCUT2D eigenvalue weighted by Crippen LogP contribution is -2.49. The van der Waals surface area contributed by atoms with E-state index in [-0.39, 0.29) is 21.4 Å². The third-order valence-corrected chi connectivity index (χ3v) is 4.97. The molecule has 2 aliphatic rings. The van der Waals surface area contributed by atoms with Gasteiger partial charge in [-0.2, -0.15) is 4.98 Å². The normalized spacial score (nSPS) is 26.1. The Morgan fingerprint density at radius 1 is 1.09 bits per heavy atom. The molecule has 1 aromatic heterocycles. The Morgan fingerprint density at radius 3 is 2.58 bits per heavy atom. The molecule has 5 rings (SSSR count). The lowest BCUT2D eigenvalue weighted by atomic mass is 10.1. The van der Waals surface area contributed by atoms with Crippen molar-refractivity contribution in [1.29, 1.82) is 0 Å². The zero-order valence-corrected chi connectivity index (χ0v) is 17.0. The van der Waals surface area contributed by atoms with Crippen LogP contribution in [-0.4, -0.2) is 51.6 Å². The van der Waals surface area contributed by atoms with Gasteiger partial charge in [-0.1, -0.05) is 6.07 Å². The van der Waals surface area contributed by atoms with E-state index in [2.05, 4.69) is 15.4 Å². The first kappa shape index (κ1) is 13.9. The predicted molar refractivity (Wildman–Crippen MR) is 118 cm³/mol. The smallest absolute Gasteiger partial charge is 0.263 e. The number of benzene rings is 2. The molecule has 0 atom stereocenters. The molecule has 2 fully saturated rings. The third-order valence-electron chi connectivity index (χ3n) is 4.97. The van der Waals surface area contributed by atoms with Crippen LogP contribution in [0.2, 0.25) is 0 Å². The van der Waals surface area contributed by atoms with Crippen LogP contribution >= 0.6 is 0 Å². The number of halogens is 3. The van der Waals surface area contributed by atoms with Crippen molar-refractivity contribution in [2.45, 2.75) is 19.3 Å². The number of amides is 1. The number of nitrogens with one attached hydrogen (secondary N) is 1. The molecule has 3 aromatic rings. The topological polar surface area (TPSA) is 66.3 Å². The van der Waals surface area contributed by atoms with Crippen LogP contribution in [0.4, 0.5) is 30.5 Å². The van der Waals surface area contributed by atoms with Gasteiger partial charge in [-0.25, -0.2) is 17.9 Å². The maximum absolute atomic E-state index is 13.9. The molecule has 2 aromatic carbocycles. The molecule has 1 N–H and O–H groups in total. The average molecular weight is 465 g/mol. The summed E-state index contributed by atoms with van der Waals surface area (Å²) in [4.78, 5) is 16.9. The highest BCUT2D eigenvalue weighted by Crippen LogP contribution is 2.33. The highest BCUT2D eigenvalue weighted by molar-refractivity contribution is 5.81. The number of aromatic nitrogens is 3. The van der Waals surface area contributed by atoms with E-state index in [0.717, 1.165) is 18.2 Å². The standard InChI is InChI=1S/C23H23F3N6O/c24-17-2-1-3-19(12-17)32-14-27-23(29-32)28-18-10-16(21(25)26)11-20(13-18)30-6-8-31(9-7-30)22(33)15-4-5-15/h1-3,10-15,21H,4-9H2,(H,28,29)/i6D2,7D2,8D2,9D2. The lowest BCUT2D eigenvalue weighted by molar-refractivity contribution is -0.132. The highest BCUT2D eigenvalue weighted by atomic mass is 19.3. The lowest BCUT2D eigenvalue weighted by Gasteiger charge is -2.36. The Kier molecular flexibility index (Phi) is 3.68. The molecule has 7 nitrogen and oxygen atoms in total. The van der Waals surface area contributed by atoms with Gasteiger partial charge in [-0.05, 0) is 49.2 Å². The molecular weight excluding hydrogens is 433 g/mol. The quantitative estimate of drug-likeness (QED) is 0.594. The maximum Gasteiger partial charge on any atom is 0.263 e. The molecule has 0 unspecified atom stereocenters. The first-order valence-electron chi connectivity index (χ1n) is 14.0. The second-order valence-electron chi connectivity index (χ2n) is 7.46. The number of hydrogen-bond donors (Lipinski definition) is 1. The van der Waals surface area contributed by atoms with Gasteiger partial charge in [-0.3, -0.25) is 4.79 Å². The Bertz CT molecular complexity index is 1470. The Hall–Kier alpha value is -3.56. The predicted octanol–water partition coefficient (Wildman–Crippen LogP) is 4.15. The van der Waals surface area contributed by atoms with Crippen LogP contribution in [0.1, 0.15) is 35.8 Å². The summed E-state index contributed by atoms with van der Waals surface area (Å²) in [6, 6.07) is 8.06. The van der Waals surface area contributed by atoms with E-state index < -0.39 is 61.3 Å². The number of alkyl halides is 2. The van der Waals surface area contributed by atoms with Crippen LogP contribution < -0.4 is 10.2 Å². The van der Waals surface area contributed by atoms with E-state index in [4.69, 9.17) is 11.0 Å². The first-order chi connectivity index (χ1) is 19.0. The van der Waals surface area contributed by atoms with E-state index >= 15 is 0 Å². The fourth-order valence-electron chi connectivity index (χ4n) is 3.16. The average Bonchev–Trinajstić information content (AvgIpc) is 3.61. The molecular formula is C23H23F3N6O. The molecule has 0 radical (unpaired) electrons. The van der Waals surface area contributed by atoms with Gasteiger partial charge < -0.3 is 15.1 Å². The minimum absolute atomic E-state index is 0.0345. The molecule has 33 heavy (non-hydrogen) atoms. The van der Waals surface area contributed by atoms with Gasteiger partial charge in [0.2, 0.25) is 11.9 Å². The zero-order chi connectivity index (χ0) is 30.1. The van der Waals surface area contributed by atoms with E-state index in [1.165, 1.54) is 35.3 Å². The second kappa shape index (κ2) is 8.76. The van der Waals surface area contributed by atoms with Crippen LogP contribution in [0, 0.1) is 11.7 Å². The maximum atomic E-state index is 13.9. The number of carbonyl (C=O) groups excluding carboxylic acids is 1. The summed E-state index contributed by atoms with van der Waals surface area (Å²) >= 11 is 0. The van der Waals surface area contributed by atoms with Gasteiger partial charge in [0.15, 0.2) is 0 Å². The van der Waals surface area contributed by atoms with Gasteiger partial charge in [0.1, 0.15) is 12.1 Å². The molecule has 1 amide bonds.